The van der Waals surface area contributed by atoms with Crippen molar-refractivity contribution in [2.75, 3.05) is 5.32 Å². The van der Waals surface area contributed by atoms with Crippen LogP contribution in [0.15, 0.2) is 71.2 Å². The molecule has 0 aliphatic carbocycles. The van der Waals surface area contributed by atoms with Gasteiger partial charge in [-0.05, 0) is 40.9 Å². The molecule has 0 saturated heterocycles. The smallest absolute Gasteiger partial charge is 0.248 e. The zero-order chi connectivity index (χ0) is 17.9. The van der Waals surface area contributed by atoms with Gasteiger partial charge in [-0.2, -0.15) is 4.80 Å². The van der Waals surface area contributed by atoms with Gasteiger partial charge in [0.1, 0.15) is 6.54 Å². The predicted molar refractivity (Wildman–Crippen MR) is 104 cm³/mol. The Morgan fingerprint density at radius 1 is 1.00 bits per heavy atom. The SMILES string of the molecule is O=C(Cn1nnc(-c2ccc(Br)cc2)n1)Nc1cccc2ccccc12. The van der Waals surface area contributed by atoms with Crippen LogP contribution in [0.4, 0.5) is 5.69 Å². The van der Waals surface area contributed by atoms with Crippen molar-refractivity contribution in [2.24, 2.45) is 0 Å². The van der Waals surface area contributed by atoms with E-state index in [1.165, 1.54) is 4.80 Å². The summed E-state index contributed by atoms with van der Waals surface area (Å²) in [5, 5.41) is 17.2. The van der Waals surface area contributed by atoms with Crippen molar-refractivity contribution in [3.05, 3.63) is 71.2 Å². The number of aromatic nitrogens is 4. The number of tetrazole rings is 1. The molecule has 0 bridgehead atoms. The fourth-order valence-corrected chi connectivity index (χ4v) is 2.94. The number of nitrogens with zero attached hydrogens (tertiary/aromatic N) is 4. The van der Waals surface area contributed by atoms with Gasteiger partial charge in [0.25, 0.3) is 0 Å². The van der Waals surface area contributed by atoms with Crippen molar-refractivity contribution in [1.29, 1.82) is 0 Å². The second kappa shape index (κ2) is 7.05. The summed E-state index contributed by atoms with van der Waals surface area (Å²) in [5.41, 5.74) is 1.61. The van der Waals surface area contributed by atoms with Gasteiger partial charge in [-0.25, -0.2) is 0 Å². The Morgan fingerprint density at radius 3 is 2.62 bits per heavy atom. The maximum absolute atomic E-state index is 12.4. The van der Waals surface area contributed by atoms with Gasteiger partial charge < -0.3 is 5.32 Å². The van der Waals surface area contributed by atoms with Crippen molar-refractivity contribution in [2.45, 2.75) is 6.54 Å². The van der Waals surface area contributed by atoms with Crippen LogP contribution in [0.1, 0.15) is 0 Å². The van der Waals surface area contributed by atoms with E-state index in [1.54, 1.807) is 0 Å². The number of fused-ring (bicyclic) bond motifs is 1. The highest BCUT2D eigenvalue weighted by Crippen LogP contribution is 2.23. The van der Waals surface area contributed by atoms with Crippen LogP contribution in [-0.4, -0.2) is 26.1 Å². The molecule has 1 amide bonds. The number of nitrogens with one attached hydrogen (secondary N) is 1. The molecule has 0 spiro atoms. The maximum Gasteiger partial charge on any atom is 0.248 e. The summed E-state index contributed by atoms with van der Waals surface area (Å²) in [6.07, 6.45) is 0. The highest BCUT2D eigenvalue weighted by atomic mass is 79.9. The maximum atomic E-state index is 12.4. The monoisotopic (exact) mass is 407 g/mol. The van der Waals surface area contributed by atoms with E-state index in [9.17, 15) is 4.79 Å². The Bertz CT molecular complexity index is 1070. The van der Waals surface area contributed by atoms with E-state index in [-0.39, 0.29) is 12.5 Å². The Morgan fingerprint density at radius 2 is 1.77 bits per heavy atom. The molecule has 4 aromatic rings. The number of halogens is 1. The summed E-state index contributed by atoms with van der Waals surface area (Å²) in [4.78, 5) is 13.7. The number of benzene rings is 3. The van der Waals surface area contributed by atoms with Crippen LogP contribution in [0.2, 0.25) is 0 Å². The van der Waals surface area contributed by atoms with Crippen molar-refractivity contribution in [1.82, 2.24) is 20.2 Å². The number of amides is 1. The molecule has 0 aliphatic heterocycles. The lowest BCUT2D eigenvalue weighted by molar-refractivity contribution is -0.117. The van der Waals surface area contributed by atoms with E-state index >= 15 is 0 Å². The number of rotatable bonds is 4. The van der Waals surface area contributed by atoms with Crippen LogP contribution >= 0.6 is 15.9 Å². The second-order valence-corrected chi connectivity index (χ2v) is 6.64. The molecule has 4 rings (SSSR count). The van der Waals surface area contributed by atoms with Crippen LogP contribution in [0.25, 0.3) is 22.2 Å². The van der Waals surface area contributed by atoms with Crippen LogP contribution in [-0.2, 0) is 11.3 Å². The number of hydrogen-bond acceptors (Lipinski definition) is 4. The first kappa shape index (κ1) is 16.4. The zero-order valence-corrected chi connectivity index (χ0v) is 15.2. The normalized spacial score (nSPS) is 10.8. The molecule has 3 aromatic carbocycles. The van der Waals surface area contributed by atoms with E-state index < -0.39 is 0 Å². The first-order chi connectivity index (χ1) is 12.7. The Labute approximate surface area is 158 Å². The largest absolute Gasteiger partial charge is 0.324 e. The fraction of sp³-hybridized carbons (Fsp3) is 0.0526. The fourth-order valence-electron chi connectivity index (χ4n) is 2.68. The van der Waals surface area contributed by atoms with Crippen LogP contribution in [0.5, 0.6) is 0 Å². The molecular formula is C19H14BrN5O. The van der Waals surface area contributed by atoms with Gasteiger partial charge in [0.15, 0.2) is 0 Å². The summed E-state index contributed by atoms with van der Waals surface area (Å²) in [6, 6.07) is 21.3. The van der Waals surface area contributed by atoms with Crippen LogP contribution in [0, 0.1) is 0 Å². The molecule has 0 radical (unpaired) electrons. The van der Waals surface area contributed by atoms with Gasteiger partial charge >= 0.3 is 0 Å². The van der Waals surface area contributed by atoms with Gasteiger partial charge in [0.2, 0.25) is 11.7 Å². The van der Waals surface area contributed by atoms with Gasteiger partial charge in [0.05, 0.1) is 0 Å². The molecule has 1 N–H and O–H groups in total. The first-order valence-corrected chi connectivity index (χ1v) is 8.80. The summed E-state index contributed by atoms with van der Waals surface area (Å²) < 4.78 is 0.975. The standard InChI is InChI=1S/C19H14BrN5O/c20-15-10-8-14(9-11-15)19-22-24-25(23-19)12-18(26)21-17-7-3-5-13-4-1-2-6-16(13)17/h1-11H,12H2,(H,21,26). The summed E-state index contributed by atoms with van der Waals surface area (Å²) in [7, 11) is 0. The summed E-state index contributed by atoms with van der Waals surface area (Å²) in [5.74, 6) is 0.275. The minimum absolute atomic E-state index is 0.00719. The van der Waals surface area contributed by atoms with Gasteiger partial charge in [0, 0.05) is 21.1 Å². The average Bonchev–Trinajstić information content (AvgIpc) is 3.11. The van der Waals surface area contributed by atoms with Crippen LogP contribution < -0.4 is 5.32 Å². The Hall–Kier alpha value is -3.06. The highest BCUT2D eigenvalue weighted by Gasteiger charge is 2.10. The molecule has 1 heterocycles. The van der Waals surface area contributed by atoms with E-state index in [0.29, 0.717) is 5.82 Å². The number of carbonyl (C=O) groups excluding carboxylic acids is 1. The van der Waals surface area contributed by atoms with Gasteiger partial charge in [-0.3, -0.25) is 4.79 Å². The van der Waals surface area contributed by atoms with E-state index in [4.69, 9.17) is 0 Å². The lowest BCUT2D eigenvalue weighted by Crippen LogP contribution is -2.20. The highest BCUT2D eigenvalue weighted by molar-refractivity contribution is 9.10. The van der Waals surface area contributed by atoms with Crippen molar-refractivity contribution >= 4 is 38.3 Å². The number of carbonyl (C=O) groups is 1. The Balaban J connectivity index is 1.49. The minimum atomic E-state index is -0.207. The third-order valence-electron chi connectivity index (χ3n) is 3.90. The zero-order valence-electron chi connectivity index (χ0n) is 13.6. The number of anilines is 1. The first-order valence-electron chi connectivity index (χ1n) is 8.00. The summed E-state index contributed by atoms with van der Waals surface area (Å²) >= 11 is 3.39. The van der Waals surface area contributed by atoms with E-state index in [1.807, 2.05) is 66.7 Å². The molecule has 0 unspecified atom stereocenters. The lowest BCUT2D eigenvalue weighted by atomic mass is 10.1. The van der Waals surface area contributed by atoms with Crippen molar-refractivity contribution in [3.8, 4) is 11.4 Å². The average molecular weight is 408 g/mol. The predicted octanol–water partition coefficient (Wildman–Crippen LogP) is 3.89. The van der Waals surface area contributed by atoms with Crippen LogP contribution in [0.3, 0.4) is 0 Å². The minimum Gasteiger partial charge on any atom is -0.324 e. The second-order valence-electron chi connectivity index (χ2n) is 5.73. The molecule has 6 nitrogen and oxygen atoms in total. The third kappa shape index (κ3) is 3.48. The van der Waals surface area contributed by atoms with Gasteiger partial charge in [-0.15, -0.1) is 10.2 Å². The molecule has 1 aromatic heterocycles. The lowest BCUT2D eigenvalue weighted by Gasteiger charge is -2.08. The number of hydrogen-bond donors (Lipinski definition) is 1. The molecule has 0 atom stereocenters. The molecule has 0 aliphatic rings. The van der Waals surface area contributed by atoms with E-state index in [2.05, 4.69) is 36.7 Å². The molecule has 0 fully saturated rings. The topological polar surface area (TPSA) is 72.7 Å². The molecule has 26 heavy (non-hydrogen) atoms. The molecule has 128 valence electrons. The quantitative estimate of drug-likeness (QED) is 0.556. The van der Waals surface area contributed by atoms with E-state index in [0.717, 1.165) is 26.5 Å². The molecular weight excluding hydrogens is 394 g/mol. The molecule has 7 heteroatoms. The van der Waals surface area contributed by atoms with Crippen molar-refractivity contribution < 1.29 is 4.79 Å². The summed E-state index contributed by atoms with van der Waals surface area (Å²) in [6.45, 7) is -0.00719. The van der Waals surface area contributed by atoms with Gasteiger partial charge in [-0.1, -0.05) is 52.3 Å². The third-order valence-corrected chi connectivity index (χ3v) is 4.43. The molecule has 0 saturated carbocycles. The van der Waals surface area contributed by atoms with Crippen molar-refractivity contribution in [3.63, 3.8) is 0 Å². The Kier molecular flexibility index (Phi) is 4.45.